The second-order valence-electron chi connectivity index (χ2n) is 6.17. The van der Waals surface area contributed by atoms with E-state index in [0.29, 0.717) is 12.4 Å². The van der Waals surface area contributed by atoms with E-state index in [-0.39, 0.29) is 31.0 Å². The van der Waals surface area contributed by atoms with Gasteiger partial charge in [0.05, 0.1) is 0 Å². The summed E-state index contributed by atoms with van der Waals surface area (Å²) in [6.07, 6.45) is 0. The van der Waals surface area contributed by atoms with Crippen LogP contribution in [0.15, 0.2) is 54.6 Å². The predicted octanol–water partition coefficient (Wildman–Crippen LogP) is 2.89. The zero-order valence-corrected chi connectivity index (χ0v) is 15.7. The first-order chi connectivity index (χ1) is 12.2. The molecule has 2 aromatic rings. The molecule has 1 aliphatic rings. The number of carbonyl (C=O) groups is 1. The molecule has 2 aromatic carbocycles. The fraction of sp³-hybridized carbons (Fsp3) is 0.350. The van der Waals surface area contributed by atoms with Crippen LogP contribution in [0.5, 0.6) is 11.5 Å². The van der Waals surface area contributed by atoms with Gasteiger partial charge in [-0.2, -0.15) is 0 Å². The van der Waals surface area contributed by atoms with Gasteiger partial charge < -0.3 is 19.7 Å². The SMILES string of the molecule is C[C@H]1CNCCN1C(=O)COc1ccc(OCc2ccccc2)cc1.Cl. The second kappa shape index (κ2) is 10.0. The van der Waals surface area contributed by atoms with Crippen LogP contribution in [0.4, 0.5) is 0 Å². The summed E-state index contributed by atoms with van der Waals surface area (Å²) in [5.41, 5.74) is 1.12. The van der Waals surface area contributed by atoms with Crippen molar-refractivity contribution in [2.75, 3.05) is 26.2 Å². The maximum Gasteiger partial charge on any atom is 0.260 e. The van der Waals surface area contributed by atoms with E-state index in [9.17, 15) is 4.79 Å². The van der Waals surface area contributed by atoms with E-state index in [0.717, 1.165) is 30.9 Å². The summed E-state index contributed by atoms with van der Waals surface area (Å²) >= 11 is 0. The molecule has 0 unspecified atom stereocenters. The highest BCUT2D eigenvalue weighted by Gasteiger charge is 2.23. The number of benzene rings is 2. The molecule has 0 radical (unpaired) electrons. The van der Waals surface area contributed by atoms with Gasteiger partial charge in [-0.3, -0.25) is 4.79 Å². The van der Waals surface area contributed by atoms with Gasteiger partial charge in [0, 0.05) is 25.7 Å². The molecule has 1 N–H and O–H groups in total. The van der Waals surface area contributed by atoms with Gasteiger partial charge in [-0.05, 0) is 36.8 Å². The minimum atomic E-state index is 0. The lowest BCUT2D eigenvalue weighted by Crippen LogP contribution is -2.53. The van der Waals surface area contributed by atoms with Crippen molar-refractivity contribution >= 4 is 18.3 Å². The first-order valence-electron chi connectivity index (χ1n) is 8.62. The lowest BCUT2D eigenvalue weighted by molar-refractivity contribution is -0.136. The molecule has 3 rings (SSSR count). The van der Waals surface area contributed by atoms with Gasteiger partial charge in [0.15, 0.2) is 6.61 Å². The van der Waals surface area contributed by atoms with Crippen LogP contribution in [-0.2, 0) is 11.4 Å². The number of nitrogens with one attached hydrogen (secondary N) is 1. The van der Waals surface area contributed by atoms with Crippen molar-refractivity contribution in [3.05, 3.63) is 60.2 Å². The molecule has 0 saturated carbocycles. The second-order valence-corrected chi connectivity index (χ2v) is 6.17. The largest absolute Gasteiger partial charge is 0.489 e. The quantitative estimate of drug-likeness (QED) is 0.842. The van der Waals surface area contributed by atoms with Crippen LogP contribution in [0.2, 0.25) is 0 Å². The van der Waals surface area contributed by atoms with Gasteiger partial charge >= 0.3 is 0 Å². The Labute approximate surface area is 160 Å². The topological polar surface area (TPSA) is 50.8 Å². The molecule has 1 heterocycles. The number of hydrogen-bond donors (Lipinski definition) is 1. The maximum absolute atomic E-state index is 12.3. The molecule has 1 saturated heterocycles. The third-order valence-corrected chi connectivity index (χ3v) is 4.26. The Morgan fingerprint density at radius 2 is 1.73 bits per heavy atom. The number of ether oxygens (including phenoxy) is 2. The number of rotatable bonds is 6. The average Bonchev–Trinajstić information content (AvgIpc) is 2.66. The molecule has 1 aliphatic heterocycles. The number of hydrogen-bond acceptors (Lipinski definition) is 4. The van der Waals surface area contributed by atoms with Crippen LogP contribution >= 0.6 is 12.4 Å². The normalized spacial score (nSPS) is 16.5. The number of halogens is 1. The van der Waals surface area contributed by atoms with E-state index >= 15 is 0 Å². The Morgan fingerprint density at radius 1 is 1.08 bits per heavy atom. The molecule has 140 valence electrons. The maximum atomic E-state index is 12.3. The Bertz CT molecular complexity index is 679. The van der Waals surface area contributed by atoms with Crippen molar-refractivity contribution in [1.82, 2.24) is 10.2 Å². The molecule has 1 amide bonds. The lowest BCUT2D eigenvalue weighted by Gasteiger charge is -2.33. The molecule has 26 heavy (non-hydrogen) atoms. The summed E-state index contributed by atoms with van der Waals surface area (Å²) < 4.78 is 11.4. The fourth-order valence-corrected chi connectivity index (χ4v) is 2.81. The van der Waals surface area contributed by atoms with E-state index in [1.165, 1.54) is 0 Å². The van der Waals surface area contributed by atoms with Crippen LogP contribution < -0.4 is 14.8 Å². The monoisotopic (exact) mass is 376 g/mol. The van der Waals surface area contributed by atoms with Gasteiger partial charge in [0.25, 0.3) is 5.91 Å². The lowest BCUT2D eigenvalue weighted by atomic mass is 10.2. The zero-order chi connectivity index (χ0) is 17.5. The van der Waals surface area contributed by atoms with E-state index in [1.54, 1.807) is 0 Å². The van der Waals surface area contributed by atoms with Gasteiger partial charge in [-0.15, -0.1) is 12.4 Å². The van der Waals surface area contributed by atoms with Crippen LogP contribution in [0, 0.1) is 0 Å². The van der Waals surface area contributed by atoms with E-state index < -0.39 is 0 Å². The average molecular weight is 377 g/mol. The molecule has 5 nitrogen and oxygen atoms in total. The van der Waals surface area contributed by atoms with Crippen molar-refractivity contribution in [2.24, 2.45) is 0 Å². The van der Waals surface area contributed by atoms with Crippen molar-refractivity contribution in [3.8, 4) is 11.5 Å². The third kappa shape index (κ3) is 5.64. The summed E-state index contributed by atoms with van der Waals surface area (Å²) in [5.74, 6) is 1.47. The van der Waals surface area contributed by atoms with Gasteiger partial charge in [-0.1, -0.05) is 30.3 Å². The Kier molecular flexibility index (Phi) is 7.75. The first-order valence-corrected chi connectivity index (χ1v) is 8.62. The highest BCUT2D eigenvalue weighted by molar-refractivity contribution is 5.85. The standard InChI is InChI=1S/C20H24N2O3.ClH/c1-16-13-21-11-12-22(16)20(23)15-25-19-9-7-18(8-10-19)24-14-17-5-3-2-4-6-17;/h2-10,16,21H,11-15H2,1H3;1H/t16-;/m0./s1. The number of amides is 1. The molecule has 6 heteroatoms. The fourth-order valence-electron chi connectivity index (χ4n) is 2.81. The van der Waals surface area contributed by atoms with Crippen LogP contribution in [-0.4, -0.2) is 43.1 Å². The zero-order valence-electron chi connectivity index (χ0n) is 14.9. The first kappa shape index (κ1) is 20.1. The Hall–Kier alpha value is -2.24. The van der Waals surface area contributed by atoms with Crippen molar-refractivity contribution in [2.45, 2.75) is 19.6 Å². The van der Waals surface area contributed by atoms with Crippen molar-refractivity contribution < 1.29 is 14.3 Å². The molecular weight excluding hydrogens is 352 g/mol. The minimum Gasteiger partial charge on any atom is -0.489 e. The molecule has 1 fully saturated rings. The summed E-state index contributed by atoms with van der Waals surface area (Å²) in [7, 11) is 0. The molecule has 0 aliphatic carbocycles. The van der Waals surface area contributed by atoms with Crippen LogP contribution in [0.3, 0.4) is 0 Å². The molecule has 0 spiro atoms. The van der Waals surface area contributed by atoms with Crippen LogP contribution in [0.1, 0.15) is 12.5 Å². The van der Waals surface area contributed by atoms with E-state index in [2.05, 4.69) is 5.32 Å². The van der Waals surface area contributed by atoms with Crippen molar-refractivity contribution in [1.29, 1.82) is 0 Å². The molecule has 0 aromatic heterocycles. The smallest absolute Gasteiger partial charge is 0.260 e. The number of piperazine rings is 1. The van der Waals surface area contributed by atoms with Crippen molar-refractivity contribution in [3.63, 3.8) is 0 Å². The third-order valence-electron chi connectivity index (χ3n) is 4.26. The summed E-state index contributed by atoms with van der Waals surface area (Å²) in [6, 6.07) is 17.6. The Balaban J connectivity index is 0.00000243. The van der Waals surface area contributed by atoms with E-state index in [4.69, 9.17) is 9.47 Å². The summed E-state index contributed by atoms with van der Waals surface area (Å²) in [5, 5.41) is 3.27. The number of nitrogens with zero attached hydrogens (tertiary/aromatic N) is 1. The highest BCUT2D eigenvalue weighted by Crippen LogP contribution is 2.19. The minimum absolute atomic E-state index is 0. The predicted molar refractivity (Wildman–Crippen MR) is 104 cm³/mol. The van der Waals surface area contributed by atoms with Gasteiger partial charge in [-0.25, -0.2) is 0 Å². The molecular formula is C20H25ClN2O3. The molecule has 1 atom stereocenters. The Morgan fingerprint density at radius 3 is 2.38 bits per heavy atom. The highest BCUT2D eigenvalue weighted by atomic mass is 35.5. The van der Waals surface area contributed by atoms with E-state index in [1.807, 2.05) is 66.4 Å². The summed E-state index contributed by atoms with van der Waals surface area (Å²) in [6.45, 7) is 5.04. The summed E-state index contributed by atoms with van der Waals surface area (Å²) in [4.78, 5) is 14.1. The van der Waals surface area contributed by atoms with Gasteiger partial charge in [0.2, 0.25) is 0 Å². The molecule has 0 bridgehead atoms. The van der Waals surface area contributed by atoms with Crippen LogP contribution in [0.25, 0.3) is 0 Å². The number of carbonyl (C=O) groups excluding carboxylic acids is 1. The van der Waals surface area contributed by atoms with Gasteiger partial charge in [0.1, 0.15) is 18.1 Å².